The summed E-state index contributed by atoms with van der Waals surface area (Å²) in [6.07, 6.45) is 1.80. The Balaban J connectivity index is 1.75. The molecule has 0 radical (unpaired) electrons. The molecule has 0 unspecified atom stereocenters. The third-order valence-corrected chi connectivity index (χ3v) is 4.56. The van der Waals surface area contributed by atoms with Crippen LogP contribution in [0.3, 0.4) is 0 Å². The Kier molecular flexibility index (Phi) is 4.49. The van der Waals surface area contributed by atoms with Crippen molar-refractivity contribution in [2.24, 2.45) is 0 Å². The maximum Gasteiger partial charge on any atom is 0.171 e. The number of nitrogens with zero attached hydrogens (tertiary/aromatic N) is 4. The lowest BCUT2D eigenvalue weighted by Gasteiger charge is -2.38. The van der Waals surface area contributed by atoms with Gasteiger partial charge >= 0.3 is 0 Å². The number of rotatable bonds is 4. The highest BCUT2D eigenvalue weighted by atomic mass is 16.7. The minimum Gasteiger partial charge on any atom is -0.357 e. The van der Waals surface area contributed by atoms with Crippen molar-refractivity contribution in [2.75, 3.05) is 49.2 Å². The van der Waals surface area contributed by atoms with Crippen LogP contribution < -0.4 is 9.80 Å². The van der Waals surface area contributed by atoms with Gasteiger partial charge in [0, 0.05) is 45.1 Å². The molecule has 0 bridgehead atoms. The van der Waals surface area contributed by atoms with Crippen molar-refractivity contribution in [3.05, 3.63) is 11.9 Å². The monoisotopic (exact) mass is 306 g/mol. The van der Waals surface area contributed by atoms with E-state index in [0.717, 1.165) is 69.7 Å². The minimum atomic E-state index is -0.333. The zero-order valence-corrected chi connectivity index (χ0v) is 13.8. The van der Waals surface area contributed by atoms with Crippen LogP contribution in [0.1, 0.15) is 32.5 Å². The Morgan fingerprint density at radius 1 is 1.14 bits per heavy atom. The highest BCUT2D eigenvalue weighted by Crippen LogP contribution is 2.33. The second-order valence-electron chi connectivity index (χ2n) is 5.90. The van der Waals surface area contributed by atoms with E-state index < -0.39 is 0 Å². The SMILES string of the molecule is CCN(CC)c1cc(N2CCC3(CC2)OCCO3)nc(C)n1. The molecule has 0 N–H and O–H groups in total. The summed E-state index contributed by atoms with van der Waals surface area (Å²) in [7, 11) is 0. The van der Waals surface area contributed by atoms with Crippen LogP contribution in [0, 0.1) is 6.92 Å². The summed E-state index contributed by atoms with van der Waals surface area (Å²) in [5.41, 5.74) is 0. The summed E-state index contributed by atoms with van der Waals surface area (Å²) in [5, 5.41) is 0. The van der Waals surface area contributed by atoms with Gasteiger partial charge in [-0.15, -0.1) is 0 Å². The van der Waals surface area contributed by atoms with Gasteiger partial charge in [0.25, 0.3) is 0 Å². The topological polar surface area (TPSA) is 50.7 Å². The minimum absolute atomic E-state index is 0.333. The molecule has 3 rings (SSSR count). The zero-order chi connectivity index (χ0) is 15.6. The third kappa shape index (κ3) is 3.03. The number of ether oxygens (including phenoxy) is 2. The number of aromatic nitrogens is 2. The Morgan fingerprint density at radius 2 is 1.77 bits per heavy atom. The molecule has 1 spiro atoms. The molecule has 6 nitrogen and oxygen atoms in total. The highest BCUT2D eigenvalue weighted by molar-refractivity contribution is 5.51. The molecular weight excluding hydrogens is 280 g/mol. The molecule has 0 atom stereocenters. The molecule has 0 saturated carbocycles. The van der Waals surface area contributed by atoms with Crippen LogP contribution in [0.2, 0.25) is 0 Å². The first-order valence-electron chi connectivity index (χ1n) is 8.29. The van der Waals surface area contributed by atoms with Crippen LogP contribution in [0.5, 0.6) is 0 Å². The fraction of sp³-hybridized carbons (Fsp3) is 0.750. The summed E-state index contributed by atoms with van der Waals surface area (Å²) in [6, 6.07) is 2.11. The molecule has 3 heterocycles. The maximum absolute atomic E-state index is 5.80. The van der Waals surface area contributed by atoms with Gasteiger partial charge in [-0.25, -0.2) is 9.97 Å². The van der Waals surface area contributed by atoms with E-state index in [4.69, 9.17) is 9.47 Å². The van der Waals surface area contributed by atoms with E-state index in [1.165, 1.54) is 0 Å². The van der Waals surface area contributed by atoms with Crippen molar-refractivity contribution in [2.45, 2.75) is 39.4 Å². The molecule has 2 aliphatic rings. The van der Waals surface area contributed by atoms with Crippen molar-refractivity contribution < 1.29 is 9.47 Å². The lowest BCUT2D eigenvalue weighted by atomic mass is 10.0. The smallest absolute Gasteiger partial charge is 0.171 e. The number of hydrogen-bond acceptors (Lipinski definition) is 6. The van der Waals surface area contributed by atoms with Gasteiger partial charge in [0.1, 0.15) is 17.5 Å². The molecule has 2 fully saturated rings. The lowest BCUT2D eigenvalue weighted by Crippen LogP contribution is -2.45. The first-order valence-corrected chi connectivity index (χ1v) is 8.29. The summed E-state index contributed by atoms with van der Waals surface area (Å²) in [4.78, 5) is 13.8. The first-order chi connectivity index (χ1) is 10.7. The van der Waals surface area contributed by atoms with Gasteiger partial charge in [0.2, 0.25) is 0 Å². The Hall–Kier alpha value is -1.40. The van der Waals surface area contributed by atoms with Crippen LogP contribution in [-0.4, -0.2) is 55.1 Å². The van der Waals surface area contributed by atoms with Crippen LogP contribution >= 0.6 is 0 Å². The van der Waals surface area contributed by atoms with E-state index in [-0.39, 0.29) is 5.79 Å². The number of aryl methyl sites for hydroxylation is 1. The predicted octanol–water partition coefficient (Wildman–Crippen LogP) is 1.97. The number of hydrogen-bond donors (Lipinski definition) is 0. The third-order valence-electron chi connectivity index (χ3n) is 4.56. The van der Waals surface area contributed by atoms with E-state index in [1.807, 2.05) is 6.92 Å². The summed E-state index contributed by atoms with van der Waals surface area (Å²) < 4.78 is 11.6. The van der Waals surface area contributed by atoms with E-state index >= 15 is 0 Å². The van der Waals surface area contributed by atoms with Gasteiger partial charge in [-0.2, -0.15) is 0 Å². The molecule has 6 heteroatoms. The van der Waals surface area contributed by atoms with Crippen LogP contribution in [0.15, 0.2) is 6.07 Å². The van der Waals surface area contributed by atoms with Crippen LogP contribution in [0.25, 0.3) is 0 Å². The largest absolute Gasteiger partial charge is 0.357 e. The summed E-state index contributed by atoms with van der Waals surface area (Å²) in [6.45, 7) is 11.4. The zero-order valence-electron chi connectivity index (χ0n) is 13.8. The van der Waals surface area contributed by atoms with Crippen molar-refractivity contribution in [3.8, 4) is 0 Å². The second-order valence-corrected chi connectivity index (χ2v) is 5.90. The highest BCUT2D eigenvalue weighted by Gasteiger charge is 2.40. The Morgan fingerprint density at radius 3 is 2.36 bits per heavy atom. The van der Waals surface area contributed by atoms with E-state index in [1.54, 1.807) is 0 Å². The van der Waals surface area contributed by atoms with Gasteiger partial charge in [0.05, 0.1) is 13.2 Å². The fourth-order valence-corrected chi connectivity index (χ4v) is 3.27. The van der Waals surface area contributed by atoms with Crippen LogP contribution in [-0.2, 0) is 9.47 Å². The standard InChI is InChI=1S/C16H26N4O2/c1-4-19(5-2)14-12-15(18-13(3)17-14)20-8-6-16(7-9-20)21-10-11-22-16/h12H,4-11H2,1-3H3. The lowest BCUT2D eigenvalue weighted by molar-refractivity contribution is -0.169. The van der Waals surface area contributed by atoms with Gasteiger partial charge in [0.15, 0.2) is 5.79 Å². The van der Waals surface area contributed by atoms with Crippen molar-refractivity contribution in [1.82, 2.24) is 9.97 Å². The molecule has 0 aliphatic carbocycles. The predicted molar refractivity (Wildman–Crippen MR) is 86.4 cm³/mol. The molecule has 122 valence electrons. The first kappa shape index (κ1) is 15.5. The van der Waals surface area contributed by atoms with Gasteiger partial charge < -0.3 is 19.3 Å². The summed E-state index contributed by atoms with van der Waals surface area (Å²) >= 11 is 0. The van der Waals surface area contributed by atoms with Gasteiger partial charge in [-0.3, -0.25) is 0 Å². The number of anilines is 2. The van der Waals surface area contributed by atoms with E-state index in [2.05, 4.69) is 39.7 Å². The van der Waals surface area contributed by atoms with Gasteiger partial charge in [-0.05, 0) is 20.8 Å². The van der Waals surface area contributed by atoms with Gasteiger partial charge in [-0.1, -0.05) is 0 Å². The Labute approximate surface area is 132 Å². The van der Waals surface area contributed by atoms with E-state index in [0.29, 0.717) is 0 Å². The molecule has 2 aliphatic heterocycles. The van der Waals surface area contributed by atoms with Crippen molar-refractivity contribution in [3.63, 3.8) is 0 Å². The Bertz CT molecular complexity index is 503. The fourth-order valence-electron chi connectivity index (χ4n) is 3.27. The quantitative estimate of drug-likeness (QED) is 0.848. The van der Waals surface area contributed by atoms with Crippen molar-refractivity contribution >= 4 is 11.6 Å². The molecule has 1 aromatic rings. The average Bonchev–Trinajstić information content (AvgIpc) is 2.97. The maximum atomic E-state index is 5.80. The summed E-state index contributed by atoms with van der Waals surface area (Å²) in [5.74, 6) is 2.52. The second kappa shape index (κ2) is 6.38. The molecule has 0 aromatic carbocycles. The number of piperidine rings is 1. The molecule has 0 amide bonds. The molecule has 1 aromatic heterocycles. The van der Waals surface area contributed by atoms with Crippen LogP contribution in [0.4, 0.5) is 11.6 Å². The van der Waals surface area contributed by atoms with E-state index in [9.17, 15) is 0 Å². The average molecular weight is 306 g/mol. The van der Waals surface area contributed by atoms with Crippen molar-refractivity contribution in [1.29, 1.82) is 0 Å². The molecule has 2 saturated heterocycles. The molecular formula is C16H26N4O2. The molecule has 22 heavy (non-hydrogen) atoms. The normalized spacial score (nSPS) is 20.6.